The van der Waals surface area contributed by atoms with E-state index in [-0.39, 0.29) is 33.0 Å². The van der Waals surface area contributed by atoms with Gasteiger partial charge in [-0.05, 0) is 14.1 Å². The smallest absolute Gasteiger partial charge is 0 e. The molecular weight excluding hydrogens is 178 g/mol. The molecule has 2 heteroatoms. The van der Waals surface area contributed by atoms with Crippen molar-refractivity contribution in [1.29, 1.82) is 0 Å². The van der Waals surface area contributed by atoms with E-state index in [1.54, 1.807) is 15.8 Å². The summed E-state index contributed by atoms with van der Waals surface area (Å²) in [5, 5.41) is 4.73. The van der Waals surface area contributed by atoms with Gasteiger partial charge in [0.25, 0.3) is 0 Å². The van der Waals surface area contributed by atoms with Gasteiger partial charge in [-0.1, -0.05) is 59.3 Å². The first kappa shape index (κ1) is 17.5. The fraction of sp³-hybridized carbons (Fsp3) is 1.00. The molecule has 0 aromatic heterocycles. The van der Waals surface area contributed by atoms with Crippen molar-refractivity contribution in [2.75, 3.05) is 0 Å². The molecule has 0 aromatic rings. The fourth-order valence-corrected chi connectivity index (χ4v) is 6.47. The zero-order valence-electron chi connectivity index (χ0n) is 11.3. The maximum Gasteiger partial charge on any atom is 0 e. The third-order valence-electron chi connectivity index (χ3n) is 2.58. The summed E-state index contributed by atoms with van der Waals surface area (Å²) in [7, 11) is 0. The molecule has 0 atom stereocenters. The van der Waals surface area contributed by atoms with E-state index in [9.17, 15) is 0 Å². The number of unbranched alkanes of at least 4 members (excludes halogenated alkanes) is 1. The fourth-order valence-electron chi connectivity index (χ4n) is 2.16. The third-order valence-corrected chi connectivity index (χ3v) is 7.02. The molecule has 0 bridgehead atoms. The first-order valence-corrected chi connectivity index (χ1v) is 8.51. The summed E-state index contributed by atoms with van der Waals surface area (Å²) in [6, 6.07) is 0. The summed E-state index contributed by atoms with van der Waals surface area (Å²) in [5.74, 6) is 1.87. The van der Waals surface area contributed by atoms with Gasteiger partial charge in [0.05, 0.1) is 0 Å². The SMILES string of the molecule is CCC[CH2][Al-]([CH2]C(C)C)[CH2]C(C)C.[Li]. The monoisotopic (exact) mass is 205 g/mol. The van der Waals surface area contributed by atoms with Crippen LogP contribution < -0.4 is 0 Å². The summed E-state index contributed by atoms with van der Waals surface area (Å²) in [6.07, 6.45) is 2.87. The second kappa shape index (κ2) is 10.6. The van der Waals surface area contributed by atoms with E-state index >= 15 is 0 Å². The van der Waals surface area contributed by atoms with Crippen molar-refractivity contribution in [2.24, 2.45) is 11.8 Å². The van der Waals surface area contributed by atoms with Crippen molar-refractivity contribution >= 4 is 33.0 Å². The standard InChI is InChI=1S/3C4H9.Al.Li/c2*1-4(2)3;1-3-4-2;;/h2*4H,1H2,2-3H3;1,3-4H2,2H3;;/q;;;-1;. The molecule has 0 rings (SSSR count). The average molecular weight is 205 g/mol. The van der Waals surface area contributed by atoms with Gasteiger partial charge in [-0.15, -0.1) is 0 Å². The van der Waals surface area contributed by atoms with Gasteiger partial charge in [0.2, 0.25) is 0 Å². The van der Waals surface area contributed by atoms with Crippen LogP contribution >= 0.6 is 0 Å². The molecule has 0 spiro atoms. The Labute approximate surface area is 108 Å². The van der Waals surface area contributed by atoms with Crippen molar-refractivity contribution < 1.29 is 0 Å². The third kappa shape index (κ3) is 11.2. The molecule has 0 heterocycles. The molecule has 0 unspecified atom stereocenters. The summed E-state index contributed by atoms with van der Waals surface area (Å²) in [6.45, 7) is 11.8. The Morgan fingerprint density at radius 1 is 0.929 bits per heavy atom. The molecule has 0 nitrogen and oxygen atoms in total. The molecule has 0 fully saturated rings. The largest absolute Gasteiger partial charge is 0.222 e. The summed E-state index contributed by atoms with van der Waals surface area (Å²) < 4.78 is 0. The second-order valence-corrected chi connectivity index (χ2v) is 8.52. The molecule has 0 N–H and O–H groups in total. The van der Waals surface area contributed by atoms with Gasteiger partial charge in [0.15, 0.2) is 0 Å². The first-order valence-electron chi connectivity index (χ1n) is 6.06. The molecule has 0 aromatic carbocycles. The Morgan fingerprint density at radius 3 is 1.64 bits per heavy atom. The van der Waals surface area contributed by atoms with E-state index in [0.29, 0.717) is 0 Å². The van der Waals surface area contributed by atoms with Gasteiger partial charge in [0, 0.05) is 18.9 Å². The van der Waals surface area contributed by atoms with Gasteiger partial charge in [-0.3, -0.25) is 0 Å². The van der Waals surface area contributed by atoms with E-state index in [1.165, 1.54) is 12.8 Å². The molecule has 0 aliphatic rings. The molecule has 0 saturated heterocycles. The minimum Gasteiger partial charge on any atom is -0.222 e. The van der Waals surface area contributed by atoms with Crippen molar-refractivity contribution in [3.05, 3.63) is 0 Å². The molecule has 80 valence electrons. The molecule has 14 heavy (non-hydrogen) atoms. The van der Waals surface area contributed by atoms with Gasteiger partial charge in [0.1, 0.15) is 0 Å². The van der Waals surface area contributed by atoms with Crippen LogP contribution in [0.5, 0.6) is 0 Å². The maximum atomic E-state index is 2.38. The van der Waals surface area contributed by atoms with Crippen LogP contribution in [0.3, 0.4) is 0 Å². The van der Waals surface area contributed by atoms with E-state index in [1.807, 2.05) is 0 Å². The summed E-state index contributed by atoms with van der Waals surface area (Å²) >= 11 is -0.367. The number of hydrogen-bond donors (Lipinski definition) is 0. The zero-order valence-corrected chi connectivity index (χ0v) is 12.4. The van der Waals surface area contributed by atoms with Gasteiger partial charge < -0.3 is 0 Å². The second-order valence-electron chi connectivity index (χ2n) is 5.27. The van der Waals surface area contributed by atoms with Crippen LogP contribution in [0.25, 0.3) is 0 Å². The van der Waals surface area contributed by atoms with Crippen molar-refractivity contribution in [3.63, 3.8) is 0 Å². The Morgan fingerprint density at radius 2 is 1.36 bits per heavy atom. The average Bonchev–Trinajstić information content (AvgIpc) is 1.98. The minimum absolute atomic E-state index is 0. The Kier molecular flexibility index (Phi) is 13.3. The van der Waals surface area contributed by atoms with E-state index in [2.05, 4.69) is 34.6 Å². The van der Waals surface area contributed by atoms with Crippen molar-refractivity contribution in [3.8, 4) is 0 Å². The van der Waals surface area contributed by atoms with Gasteiger partial charge in [-0.2, -0.15) is 0 Å². The van der Waals surface area contributed by atoms with Crippen LogP contribution in [-0.2, 0) is 0 Å². The normalized spacial score (nSPS) is 11.1. The van der Waals surface area contributed by atoms with Crippen LogP contribution in [0.1, 0.15) is 47.5 Å². The van der Waals surface area contributed by atoms with Crippen LogP contribution in [0.15, 0.2) is 0 Å². The van der Waals surface area contributed by atoms with Crippen molar-refractivity contribution in [1.82, 2.24) is 0 Å². The number of hydrogen-bond acceptors (Lipinski definition) is 0. The van der Waals surface area contributed by atoms with Crippen LogP contribution in [0.4, 0.5) is 0 Å². The van der Waals surface area contributed by atoms with E-state index in [4.69, 9.17) is 0 Å². The topological polar surface area (TPSA) is 0 Å². The van der Waals surface area contributed by atoms with Crippen molar-refractivity contribution in [2.45, 2.75) is 63.3 Å². The molecule has 0 aliphatic heterocycles. The summed E-state index contributed by atoms with van der Waals surface area (Å²) in [4.78, 5) is 0. The van der Waals surface area contributed by atoms with Crippen LogP contribution in [0, 0.1) is 11.8 Å². The van der Waals surface area contributed by atoms with E-state index < -0.39 is 0 Å². The molecule has 2 radical (unpaired) electrons. The molecule has 0 saturated carbocycles. The minimum atomic E-state index is -0.367. The Balaban J connectivity index is 0. The first-order chi connectivity index (χ1) is 6.06. The Bertz CT molecular complexity index is 103. The van der Waals surface area contributed by atoms with Gasteiger partial charge >= 0.3 is 0 Å². The number of rotatable bonds is 7. The zero-order chi connectivity index (χ0) is 10.3. The molecule has 0 amide bonds. The predicted octanol–water partition coefficient (Wildman–Crippen LogP) is 4.21. The molecular formula is C12H27AlLi-. The summed E-state index contributed by atoms with van der Waals surface area (Å²) in [5.41, 5.74) is 0. The quantitative estimate of drug-likeness (QED) is 0.546. The Hall–Kier alpha value is 1.13. The van der Waals surface area contributed by atoms with Crippen LogP contribution in [0.2, 0.25) is 15.8 Å². The molecule has 0 aliphatic carbocycles. The van der Waals surface area contributed by atoms with Gasteiger partial charge in [-0.25, -0.2) is 15.8 Å². The maximum absolute atomic E-state index is 2.38. The van der Waals surface area contributed by atoms with Crippen LogP contribution in [-0.4, -0.2) is 33.0 Å². The van der Waals surface area contributed by atoms with E-state index in [0.717, 1.165) is 11.8 Å². The predicted molar refractivity (Wildman–Crippen MR) is 70.5 cm³/mol.